The van der Waals surface area contributed by atoms with Crippen LogP contribution in [-0.4, -0.2) is 38.1 Å². The van der Waals surface area contributed by atoms with Gasteiger partial charge < -0.3 is 10.2 Å². The summed E-state index contributed by atoms with van der Waals surface area (Å²) < 4.78 is 0. The van der Waals surface area contributed by atoms with Crippen LogP contribution in [0.2, 0.25) is 0 Å². The summed E-state index contributed by atoms with van der Waals surface area (Å²) in [6.45, 7) is 12.5. The minimum atomic E-state index is 1.07. The average molecular weight is 273 g/mol. The van der Waals surface area contributed by atoms with Gasteiger partial charge in [-0.3, -0.25) is 0 Å². The second kappa shape index (κ2) is 16.8. The normalized spacial score (nSPS) is 18.0. The highest BCUT2D eigenvalue weighted by atomic mass is 32.1. The molecule has 108 valence electrons. The molecule has 0 saturated heterocycles. The van der Waals surface area contributed by atoms with Gasteiger partial charge >= 0.3 is 0 Å². The SMILES string of the molecule is C1=CCNCC1.CC.CC.CN1CC=C(S)CC1. The third-order valence-corrected chi connectivity index (χ3v) is 2.71. The molecule has 0 aromatic heterocycles. The van der Waals surface area contributed by atoms with E-state index < -0.39 is 0 Å². The molecule has 2 heterocycles. The number of nitrogens with one attached hydrogen (secondary N) is 1. The number of rotatable bonds is 0. The van der Waals surface area contributed by atoms with Gasteiger partial charge in [0.15, 0.2) is 0 Å². The van der Waals surface area contributed by atoms with Gasteiger partial charge in [0, 0.05) is 19.6 Å². The molecule has 2 nitrogen and oxygen atoms in total. The molecule has 0 radical (unpaired) electrons. The Hall–Kier alpha value is -0.250. The van der Waals surface area contributed by atoms with Crippen molar-refractivity contribution in [3.63, 3.8) is 0 Å². The lowest BCUT2D eigenvalue weighted by atomic mass is 10.3. The molecular weight excluding hydrogens is 240 g/mol. The second-order valence-electron chi connectivity index (χ2n) is 3.67. The Kier molecular flexibility index (Phi) is 18.7. The zero-order valence-electron chi connectivity index (χ0n) is 12.9. The maximum Gasteiger partial charge on any atom is 0.0170 e. The lowest BCUT2D eigenvalue weighted by Crippen LogP contribution is -2.22. The van der Waals surface area contributed by atoms with Crippen molar-refractivity contribution in [1.82, 2.24) is 10.2 Å². The summed E-state index contributed by atoms with van der Waals surface area (Å²) >= 11 is 4.24. The fourth-order valence-corrected chi connectivity index (χ4v) is 1.51. The number of nitrogens with zero attached hydrogens (tertiary/aromatic N) is 1. The van der Waals surface area contributed by atoms with Crippen molar-refractivity contribution < 1.29 is 0 Å². The minimum absolute atomic E-state index is 1.07. The van der Waals surface area contributed by atoms with Crippen molar-refractivity contribution in [2.24, 2.45) is 0 Å². The summed E-state index contributed by atoms with van der Waals surface area (Å²) in [5.74, 6) is 0. The van der Waals surface area contributed by atoms with Gasteiger partial charge in [-0.1, -0.05) is 45.9 Å². The predicted molar refractivity (Wildman–Crippen MR) is 88.5 cm³/mol. The van der Waals surface area contributed by atoms with Gasteiger partial charge in [0.05, 0.1) is 0 Å². The van der Waals surface area contributed by atoms with Gasteiger partial charge in [0.25, 0.3) is 0 Å². The summed E-state index contributed by atoms with van der Waals surface area (Å²) in [4.78, 5) is 3.52. The van der Waals surface area contributed by atoms with E-state index in [0.717, 1.165) is 32.6 Å². The minimum Gasteiger partial charge on any atom is -0.313 e. The summed E-state index contributed by atoms with van der Waals surface area (Å²) in [7, 11) is 2.12. The van der Waals surface area contributed by atoms with E-state index in [2.05, 4.69) is 48.1 Å². The van der Waals surface area contributed by atoms with E-state index in [1.54, 1.807) is 0 Å². The van der Waals surface area contributed by atoms with Gasteiger partial charge in [-0.25, -0.2) is 0 Å². The Morgan fingerprint density at radius 3 is 2.06 bits per heavy atom. The molecule has 1 N–H and O–H groups in total. The fourth-order valence-electron chi connectivity index (χ4n) is 1.33. The maximum absolute atomic E-state index is 4.24. The molecule has 0 fully saturated rings. The van der Waals surface area contributed by atoms with Crippen LogP contribution in [0.1, 0.15) is 40.5 Å². The summed E-state index contributed by atoms with van der Waals surface area (Å²) in [6, 6.07) is 0. The molecule has 0 aromatic rings. The Balaban J connectivity index is 0. The quantitative estimate of drug-likeness (QED) is 0.516. The third kappa shape index (κ3) is 13.8. The van der Waals surface area contributed by atoms with Gasteiger partial charge in [-0.15, -0.1) is 12.6 Å². The van der Waals surface area contributed by atoms with Crippen molar-refractivity contribution in [2.45, 2.75) is 40.5 Å². The molecule has 18 heavy (non-hydrogen) atoms. The van der Waals surface area contributed by atoms with Crippen molar-refractivity contribution >= 4 is 12.6 Å². The summed E-state index contributed by atoms with van der Waals surface area (Å²) in [5.41, 5.74) is 0. The summed E-state index contributed by atoms with van der Waals surface area (Å²) in [6.07, 6.45) is 8.85. The van der Waals surface area contributed by atoms with Crippen LogP contribution in [0.15, 0.2) is 23.1 Å². The second-order valence-corrected chi connectivity index (χ2v) is 4.25. The molecule has 2 aliphatic heterocycles. The van der Waals surface area contributed by atoms with Gasteiger partial charge in [0.1, 0.15) is 0 Å². The molecule has 0 aliphatic carbocycles. The number of hydrogen-bond donors (Lipinski definition) is 2. The van der Waals surface area contributed by atoms with Crippen LogP contribution in [0.5, 0.6) is 0 Å². The number of hydrogen-bond acceptors (Lipinski definition) is 3. The van der Waals surface area contributed by atoms with Crippen LogP contribution < -0.4 is 5.32 Å². The van der Waals surface area contributed by atoms with E-state index in [0.29, 0.717) is 0 Å². The van der Waals surface area contributed by atoms with E-state index in [1.165, 1.54) is 11.3 Å². The Labute approximate surface area is 120 Å². The summed E-state index contributed by atoms with van der Waals surface area (Å²) in [5, 5.41) is 3.20. The van der Waals surface area contributed by atoms with Gasteiger partial charge in [-0.2, -0.15) is 0 Å². The topological polar surface area (TPSA) is 15.3 Å². The number of thiol groups is 1. The highest BCUT2D eigenvalue weighted by Crippen LogP contribution is 2.11. The first-order valence-electron chi connectivity index (χ1n) is 7.21. The predicted octanol–water partition coefficient (Wildman–Crippen LogP) is 3.72. The van der Waals surface area contributed by atoms with Crippen LogP contribution in [0.4, 0.5) is 0 Å². The van der Waals surface area contributed by atoms with Gasteiger partial charge in [0.2, 0.25) is 0 Å². The molecule has 2 rings (SSSR count). The molecule has 0 aromatic carbocycles. The molecule has 3 heteroatoms. The van der Waals surface area contributed by atoms with Gasteiger partial charge in [-0.05, 0) is 31.3 Å². The van der Waals surface area contributed by atoms with Crippen LogP contribution >= 0.6 is 12.6 Å². The Bertz CT molecular complexity index is 205. The zero-order valence-corrected chi connectivity index (χ0v) is 13.8. The van der Waals surface area contributed by atoms with E-state index in [1.807, 2.05) is 27.7 Å². The molecule has 0 atom stereocenters. The van der Waals surface area contributed by atoms with Crippen LogP contribution in [0.25, 0.3) is 0 Å². The average Bonchev–Trinajstić information content (AvgIpc) is 2.49. The molecule has 0 bridgehead atoms. The van der Waals surface area contributed by atoms with E-state index in [4.69, 9.17) is 0 Å². The lowest BCUT2D eigenvalue weighted by Gasteiger charge is -2.18. The van der Waals surface area contributed by atoms with Crippen molar-refractivity contribution in [3.8, 4) is 0 Å². The standard InChI is InChI=1S/C6H11NS.C5H9N.2C2H6/c1-7-4-2-6(8)3-5-7;1-2-4-6-5-3-1;2*1-2/h2,8H,3-5H2,1H3;1-2,6H,3-5H2;2*1-2H3. The number of likely N-dealkylation sites (N-methyl/N-ethyl adjacent to an activating group) is 1. The van der Waals surface area contributed by atoms with Crippen LogP contribution in [0.3, 0.4) is 0 Å². The highest BCUT2D eigenvalue weighted by Gasteiger charge is 2.02. The van der Waals surface area contributed by atoms with Crippen LogP contribution in [0, 0.1) is 0 Å². The molecular formula is C15H32N2S. The first-order valence-corrected chi connectivity index (χ1v) is 7.66. The monoisotopic (exact) mass is 272 g/mol. The molecule has 2 aliphatic rings. The van der Waals surface area contributed by atoms with E-state index in [-0.39, 0.29) is 0 Å². The van der Waals surface area contributed by atoms with E-state index in [9.17, 15) is 0 Å². The first-order chi connectivity index (χ1) is 8.79. The van der Waals surface area contributed by atoms with Crippen molar-refractivity contribution in [2.75, 3.05) is 33.2 Å². The molecule has 0 saturated carbocycles. The smallest absolute Gasteiger partial charge is 0.0170 e. The fraction of sp³-hybridized carbons (Fsp3) is 0.733. The largest absolute Gasteiger partial charge is 0.313 e. The highest BCUT2D eigenvalue weighted by molar-refractivity contribution is 7.84. The molecule has 0 spiro atoms. The van der Waals surface area contributed by atoms with Crippen LogP contribution in [-0.2, 0) is 0 Å². The van der Waals surface area contributed by atoms with Crippen molar-refractivity contribution in [3.05, 3.63) is 23.1 Å². The molecule has 0 amide bonds. The first kappa shape index (κ1) is 20.1. The van der Waals surface area contributed by atoms with E-state index >= 15 is 0 Å². The third-order valence-electron chi connectivity index (χ3n) is 2.30. The Morgan fingerprint density at radius 2 is 1.83 bits per heavy atom. The molecule has 0 unspecified atom stereocenters. The van der Waals surface area contributed by atoms with Crippen molar-refractivity contribution in [1.29, 1.82) is 0 Å². The maximum atomic E-state index is 4.24. The lowest BCUT2D eigenvalue weighted by molar-refractivity contribution is 0.364. The zero-order chi connectivity index (χ0) is 14.2. The Morgan fingerprint density at radius 1 is 1.17 bits per heavy atom.